The second-order valence-corrected chi connectivity index (χ2v) is 8.93. The predicted molar refractivity (Wildman–Crippen MR) is 133 cm³/mol. The first-order valence-corrected chi connectivity index (χ1v) is 12.0. The van der Waals surface area contributed by atoms with Crippen molar-refractivity contribution in [2.24, 2.45) is 5.92 Å². The molecule has 0 atom stereocenters. The maximum Gasteiger partial charge on any atom is 0.238 e. The van der Waals surface area contributed by atoms with E-state index in [1.165, 1.54) is 6.07 Å². The van der Waals surface area contributed by atoms with E-state index in [0.29, 0.717) is 62.1 Å². The fraction of sp³-hybridized carbons (Fsp3) is 0.462. The molecule has 0 unspecified atom stereocenters. The monoisotopic (exact) mass is 484 g/mol. The molecule has 0 aliphatic carbocycles. The first kappa shape index (κ1) is 24.8. The average molecular weight is 485 g/mol. The molecule has 2 aliphatic heterocycles. The highest BCUT2D eigenvalue weighted by Crippen LogP contribution is 2.29. The number of benzene rings is 2. The molecular weight excluding hydrogens is 451 g/mol. The molecule has 2 aromatic carbocycles. The number of piperidine rings is 1. The zero-order valence-corrected chi connectivity index (χ0v) is 20.3. The summed E-state index contributed by atoms with van der Waals surface area (Å²) in [4.78, 5) is 31.6. The van der Waals surface area contributed by atoms with Crippen LogP contribution >= 0.6 is 0 Å². The maximum absolute atomic E-state index is 14.1. The van der Waals surface area contributed by atoms with Crippen LogP contribution in [-0.4, -0.2) is 81.6 Å². The molecule has 0 radical (unpaired) electrons. The predicted octanol–water partition coefficient (Wildman–Crippen LogP) is 2.84. The summed E-state index contributed by atoms with van der Waals surface area (Å²) in [6, 6.07) is 12.0. The van der Waals surface area contributed by atoms with Gasteiger partial charge in [-0.25, -0.2) is 4.39 Å². The molecule has 2 saturated heterocycles. The Morgan fingerprint density at radius 3 is 2.34 bits per heavy atom. The van der Waals surface area contributed by atoms with Crippen LogP contribution in [0.4, 0.5) is 15.8 Å². The Bertz CT molecular complexity index is 1030. The van der Waals surface area contributed by atoms with Gasteiger partial charge in [-0.1, -0.05) is 12.1 Å². The summed E-state index contributed by atoms with van der Waals surface area (Å²) in [6.07, 6.45) is 1.46. The molecule has 35 heavy (non-hydrogen) atoms. The molecule has 8 nitrogen and oxygen atoms in total. The van der Waals surface area contributed by atoms with Gasteiger partial charge in [-0.15, -0.1) is 0 Å². The van der Waals surface area contributed by atoms with Gasteiger partial charge < -0.3 is 24.6 Å². The van der Waals surface area contributed by atoms with Crippen molar-refractivity contribution < 1.29 is 23.5 Å². The lowest BCUT2D eigenvalue weighted by molar-refractivity contribution is -0.137. The Morgan fingerprint density at radius 1 is 0.971 bits per heavy atom. The number of hydrogen-bond donors (Lipinski definition) is 1. The van der Waals surface area contributed by atoms with E-state index in [-0.39, 0.29) is 30.1 Å². The highest BCUT2D eigenvalue weighted by atomic mass is 19.1. The van der Waals surface area contributed by atoms with Crippen molar-refractivity contribution in [3.63, 3.8) is 0 Å². The molecule has 2 amide bonds. The smallest absolute Gasteiger partial charge is 0.238 e. The van der Waals surface area contributed by atoms with Crippen molar-refractivity contribution in [2.45, 2.75) is 12.8 Å². The number of piperazine rings is 1. The summed E-state index contributed by atoms with van der Waals surface area (Å²) in [5, 5.41) is 2.90. The minimum atomic E-state index is -0.228. The zero-order chi connectivity index (χ0) is 24.8. The van der Waals surface area contributed by atoms with Crippen LogP contribution < -0.4 is 19.7 Å². The topological polar surface area (TPSA) is 74.4 Å². The number of methoxy groups -OCH3 is 2. The Hall–Kier alpha value is -3.33. The van der Waals surface area contributed by atoms with Crippen LogP contribution in [0.5, 0.6) is 11.5 Å². The number of anilines is 2. The first-order valence-electron chi connectivity index (χ1n) is 12.0. The number of hydrogen-bond acceptors (Lipinski definition) is 6. The molecule has 2 aromatic rings. The number of nitrogens with one attached hydrogen (secondary N) is 1. The van der Waals surface area contributed by atoms with Crippen molar-refractivity contribution in [3.8, 4) is 11.5 Å². The second kappa shape index (κ2) is 11.4. The molecule has 2 fully saturated rings. The molecule has 2 aliphatic rings. The molecule has 1 N–H and O–H groups in total. The largest absolute Gasteiger partial charge is 0.497 e. The molecule has 188 valence electrons. The van der Waals surface area contributed by atoms with E-state index in [4.69, 9.17) is 9.47 Å². The van der Waals surface area contributed by atoms with Crippen molar-refractivity contribution in [3.05, 3.63) is 48.3 Å². The van der Waals surface area contributed by atoms with E-state index in [1.807, 2.05) is 15.9 Å². The summed E-state index contributed by atoms with van der Waals surface area (Å²) >= 11 is 0. The Balaban J connectivity index is 1.22. The Labute approximate surface area is 205 Å². The molecule has 0 bridgehead atoms. The van der Waals surface area contributed by atoms with Crippen molar-refractivity contribution in [1.82, 2.24) is 9.80 Å². The fourth-order valence-electron chi connectivity index (χ4n) is 4.77. The normalized spacial score (nSPS) is 17.2. The van der Waals surface area contributed by atoms with E-state index in [9.17, 15) is 14.0 Å². The van der Waals surface area contributed by atoms with E-state index < -0.39 is 0 Å². The minimum Gasteiger partial charge on any atom is -0.497 e. The quantitative estimate of drug-likeness (QED) is 0.652. The van der Waals surface area contributed by atoms with Crippen molar-refractivity contribution >= 4 is 23.2 Å². The Kier molecular flexibility index (Phi) is 8.07. The molecule has 9 heteroatoms. The number of rotatable bonds is 7. The minimum absolute atomic E-state index is 0.0315. The van der Waals surface area contributed by atoms with E-state index in [2.05, 4.69) is 10.2 Å². The van der Waals surface area contributed by atoms with Gasteiger partial charge >= 0.3 is 0 Å². The van der Waals surface area contributed by atoms with Gasteiger partial charge in [0.25, 0.3) is 0 Å². The molecular formula is C26H33FN4O4. The SMILES string of the molecule is COc1ccc(NC(=O)CN2CCC(C(=O)N3CCN(c4ccccc4F)CC3)CC2)c(OC)c1. The van der Waals surface area contributed by atoms with E-state index in [1.54, 1.807) is 44.6 Å². The summed E-state index contributed by atoms with van der Waals surface area (Å²) in [7, 11) is 3.12. The Morgan fingerprint density at radius 2 is 1.69 bits per heavy atom. The fourth-order valence-corrected chi connectivity index (χ4v) is 4.77. The summed E-state index contributed by atoms with van der Waals surface area (Å²) in [5.41, 5.74) is 1.19. The molecule has 2 heterocycles. The van der Waals surface area contributed by atoms with Gasteiger partial charge in [-0.05, 0) is 50.2 Å². The second-order valence-electron chi connectivity index (χ2n) is 8.93. The van der Waals surface area contributed by atoms with Crippen LogP contribution in [0.3, 0.4) is 0 Å². The number of likely N-dealkylation sites (tertiary alicyclic amines) is 1. The lowest BCUT2D eigenvalue weighted by Crippen LogP contribution is -2.52. The van der Waals surface area contributed by atoms with Crippen LogP contribution in [-0.2, 0) is 9.59 Å². The molecule has 4 rings (SSSR count). The van der Waals surface area contributed by atoms with Crippen molar-refractivity contribution in [2.75, 3.05) is 70.2 Å². The number of amides is 2. The van der Waals surface area contributed by atoms with Gasteiger partial charge in [0.1, 0.15) is 17.3 Å². The summed E-state index contributed by atoms with van der Waals surface area (Å²) < 4.78 is 24.6. The van der Waals surface area contributed by atoms with Gasteiger partial charge in [-0.3, -0.25) is 14.5 Å². The van der Waals surface area contributed by atoms with Gasteiger partial charge in [0.15, 0.2) is 0 Å². The lowest BCUT2D eigenvalue weighted by Gasteiger charge is -2.39. The number of nitrogens with zero attached hydrogens (tertiary/aromatic N) is 3. The number of carbonyl (C=O) groups is 2. The summed E-state index contributed by atoms with van der Waals surface area (Å²) in [5.74, 6) is 0.982. The van der Waals surface area contributed by atoms with Crippen LogP contribution in [0.25, 0.3) is 0 Å². The van der Waals surface area contributed by atoms with Gasteiger partial charge in [0, 0.05) is 38.2 Å². The van der Waals surface area contributed by atoms with E-state index >= 15 is 0 Å². The van der Waals surface area contributed by atoms with Gasteiger partial charge in [0.05, 0.1) is 32.1 Å². The highest BCUT2D eigenvalue weighted by molar-refractivity contribution is 5.93. The van der Waals surface area contributed by atoms with Crippen LogP contribution in [0, 0.1) is 11.7 Å². The number of para-hydroxylation sites is 1. The third-order valence-electron chi connectivity index (χ3n) is 6.77. The highest BCUT2D eigenvalue weighted by Gasteiger charge is 2.31. The molecule has 0 saturated carbocycles. The lowest BCUT2D eigenvalue weighted by atomic mass is 9.95. The third-order valence-corrected chi connectivity index (χ3v) is 6.77. The van der Waals surface area contributed by atoms with Crippen LogP contribution in [0.1, 0.15) is 12.8 Å². The van der Waals surface area contributed by atoms with E-state index in [0.717, 1.165) is 12.8 Å². The van der Waals surface area contributed by atoms with Crippen LogP contribution in [0.15, 0.2) is 42.5 Å². The zero-order valence-electron chi connectivity index (χ0n) is 20.3. The van der Waals surface area contributed by atoms with Crippen LogP contribution in [0.2, 0.25) is 0 Å². The number of ether oxygens (including phenoxy) is 2. The first-order chi connectivity index (χ1) is 17.0. The summed E-state index contributed by atoms with van der Waals surface area (Å²) in [6.45, 7) is 4.09. The molecule has 0 spiro atoms. The third kappa shape index (κ3) is 6.03. The number of carbonyl (C=O) groups excluding carboxylic acids is 2. The number of halogens is 1. The van der Waals surface area contributed by atoms with Gasteiger partial charge in [-0.2, -0.15) is 0 Å². The maximum atomic E-state index is 14.1. The average Bonchev–Trinajstić information content (AvgIpc) is 2.89. The van der Waals surface area contributed by atoms with Crippen molar-refractivity contribution in [1.29, 1.82) is 0 Å². The standard InChI is InChI=1S/C26H33FN4O4/c1-34-20-7-8-22(24(17-20)35-2)28-25(32)18-29-11-9-19(10-12-29)26(33)31-15-13-30(14-16-31)23-6-4-3-5-21(23)27/h3-8,17,19H,9-16,18H2,1-2H3,(H,28,32). The molecule has 0 aromatic heterocycles. The van der Waals surface area contributed by atoms with Gasteiger partial charge in [0.2, 0.25) is 11.8 Å².